The molecule has 1 aromatic rings. The van der Waals surface area contributed by atoms with Gasteiger partial charge in [-0.25, -0.2) is 4.79 Å². The van der Waals surface area contributed by atoms with Crippen molar-refractivity contribution in [2.45, 2.75) is 51.5 Å². The van der Waals surface area contributed by atoms with Gasteiger partial charge in [-0.1, -0.05) is 12.1 Å². The van der Waals surface area contributed by atoms with Crippen LogP contribution in [0.15, 0.2) is 24.3 Å². The lowest BCUT2D eigenvalue weighted by Gasteiger charge is -2.35. The third-order valence-electron chi connectivity index (χ3n) is 5.53. The zero-order chi connectivity index (χ0) is 19.1. The van der Waals surface area contributed by atoms with E-state index in [2.05, 4.69) is 0 Å². The van der Waals surface area contributed by atoms with Crippen molar-refractivity contribution in [1.29, 1.82) is 0 Å². The molecule has 3 aliphatic rings. The van der Waals surface area contributed by atoms with Gasteiger partial charge in [0.1, 0.15) is 6.04 Å². The van der Waals surface area contributed by atoms with Crippen molar-refractivity contribution < 1.29 is 19.1 Å². The van der Waals surface area contributed by atoms with Crippen LogP contribution in [-0.4, -0.2) is 70.4 Å². The molecular weight excluding hydrogens is 346 g/mol. The largest absolute Gasteiger partial charge is 0.372 e. The summed E-state index contributed by atoms with van der Waals surface area (Å²) in [6.07, 6.45) is 1.70. The van der Waals surface area contributed by atoms with Crippen molar-refractivity contribution in [2.75, 3.05) is 19.6 Å². The van der Waals surface area contributed by atoms with Gasteiger partial charge in [0.25, 0.3) is 11.8 Å². The number of amides is 4. The van der Waals surface area contributed by atoms with Crippen LogP contribution in [0.1, 0.15) is 42.6 Å². The summed E-state index contributed by atoms with van der Waals surface area (Å²) >= 11 is 0. The maximum absolute atomic E-state index is 12.7. The summed E-state index contributed by atoms with van der Waals surface area (Å²) in [5, 5.41) is 0. The number of nitrogens with zero attached hydrogens (tertiary/aromatic N) is 3. The van der Waals surface area contributed by atoms with Gasteiger partial charge in [0.2, 0.25) is 0 Å². The van der Waals surface area contributed by atoms with E-state index in [-0.39, 0.29) is 42.6 Å². The lowest BCUT2D eigenvalue weighted by Crippen LogP contribution is -2.48. The molecule has 7 nitrogen and oxygen atoms in total. The highest BCUT2D eigenvalue weighted by molar-refractivity contribution is 6.04. The monoisotopic (exact) mass is 371 g/mol. The number of fused-ring (bicyclic) bond motifs is 1. The summed E-state index contributed by atoms with van der Waals surface area (Å²) in [6.45, 7) is 6.02. The molecule has 1 aromatic carbocycles. The zero-order valence-electron chi connectivity index (χ0n) is 15.8. The highest BCUT2D eigenvalue weighted by Crippen LogP contribution is 2.28. The van der Waals surface area contributed by atoms with E-state index >= 15 is 0 Å². The lowest BCUT2D eigenvalue weighted by atomic mass is 10.1. The van der Waals surface area contributed by atoms with E-state index < -0.39 is 0 Å². The lowest BCUT2D eigenvalue weighted by molar-refractivity contribution is -0.128. The van der Waals surface area contributed by atoms with Crippen LogP contribution >= 0.6 is 0 Å². The Bertz CT molecular complexity index is 731. The molecule has 0 unspecified atom stereocenters. The summed E-state index contributed by atoms with van der Waals surface area (Å²) in [5.74, 6) is -0.119. The second-order valence-electron chi connectivity index (χ2n) is 7.72. The molecule has 3 heterocycles. The number of morpholine rings is 1. The minimum Gasteiger partial charge on any atom is -0.372 e. The van der Waals surface area contributed by atoms with Crippen molar-refractivity contribution in [3.8, 4) is 0 Å². The molecule has 27 heavy (non-hydrogen) atoms. The Kier molecular flexibility index (Phi) is 4.63. The van der Waals surface area contributed by atoms with Gasteiger partial charge in [0, 0.05) is 25.2 Å². The highest BCUT2D eigenvalue weighted by atomic mass is 16.5. The second-order valence-corrected chi connectivity index (χ2v) is 7.72. The molecule has 0 spiro atoms. The summed E-state index contributed by atoms with van der Waals surface area (Å²) < 4.78 is 5.68. The van der Waals surface area contributed by atoms with Gasteiger partial charge >= 0.3 is 6.03 Å². The van der Waals surface area contributed by atoms with Gasteiger partial charge in [-0.2, -0.15) is 0 Å². The molecule has 0 N–H and O–H groups in total. The number of imide groups is 1. The van der Waals surface area contributed by atoms with Crippen molar-refractivity contribution in [2.24, 2.45) is 0 Å². The zero-order valence-corrected chi connectivity index (χ0v) is 15.8. The van der Waals surface area contributed by atoms with Gasteiger partial charge < -0.3 is 14.5 Å². The van der Waals surface area contributed by atoms with Crippen molar-refractivity contribution >= 4 is 17.8 Å². The number of rotatable bonds is 3. The first kappa shape index (κ1) is 18.0. The Morgan fingerprint density at radius 3 is 2.41 bits per heavy atom. The Balaban J connectivity index is 1.43. The third kappa shape index (κ3) is 3.32. The predicted molar refractivity (Wildman–Crippen MR) is 98.0 cm³/mol. The van der Waals surface area contributed by atoms with Crippen LogP contribution in [0.5, 0.6) is 0 Å². The first-order valence-electron chi connectivity index (χ1n) is 9.59. The van der Waals surface area contributed by atoms with Crippen molar-refractivity contribution in [3.05, 3.63) is 35.4 Å². The first-order chi connectivity index (χ1) is 12.9. The van der Waals surface area contributed by atoms with Gasteiger partial charge in [-0.3, -0.25) is 14.5 Å². The third-order valence-corrected chi connectivity index (χ3v) is 5.53. The fourth-order valence-corrected chi connectivity index (χ4v) is 4.29. The van der Waals surface area contributed by atoms with Gasteiger partial charge in [-0.15, -0.1) is 0 Å². The Hall–Kier alpha value is -2.41. The quantitative estimate of drug-likeness (QED) is 0.761. The maximum atomic E-state index is 12.7. The topological polar surface area (TPSA) is 70.2 Å². The van der Waals surface area contributed by atoms with E-state index in [1.165, 1.54) is 4.90 Å². The molecule has 0 bridgehead atoms. The van der Waals surface area contributed by atoms with Crippen molar-refractivity contribution in [1.82, 2.24) is 14.7 Å². The van der Waals surface area contributed by atoms with Gasteiger partial charge in [-0.05, 0) is 44.4 Å². The molecule has 0 radical (unpaired) electrons. The molecule has 3 fully saturated rings. The van der Waals surface area contributed by atoms with E-state index in [1.807, 2.05) is 30.9 Å². The molecule has 3 aliphatic heterocycles. The van der Waals surface area contributed by atoms with Crippen molar-refractivity contribution in [3.63, 3.8) is 0 Å². The van der Waals surface area contributed by atoms with E-state index in [9.17, 15) is 14.4 Å². The number of carbonyl (C=O) groups excluding carboxylic acids is 3. The highest BCUT2D eigenvalue weighted by Gasteiger charge is 2.47. The minimum atomic E-state index is -0.274. The molecule has 0 aromatic heterocycles. The van der Waals surface area contributed by atoms with Crippen LogP contribution in [0.3, 0.4) is 0 Å². The number of carbonyl (C=O) groups is 3. The average molecular weight is 371 g/mol. The standard InChI is InChI=1S/C20H25N3O4/c1-13-10-21(11-14(2)27-13)18(24)16-7-5-15(6-8-16)12-23-19(25)17-4-3-9-22(17)20(23)26/h5-8,13-14,17H,3-4,9-12H2,1-2H3/t13-,14+,17-/m1/s1. The minimum absolute atomic E-state index is 0.0162. The molecule has 4 rings (SSSR count). The Morgan fingerprint density at radius 2 is 1.78 bits per heavy atom. The van der Waals surface area contributed by atoms with Crippen LogP contribution in [-0.2, 0) is 16.1 Å². The SMILES string of the molecule is C[C@@H]1CN(C(=O)c2ccc(CN3C(=O)[C@H]4CCCN4C3=O)cc2)C[C@H](C)O1. The molecule has 0 aliphatic carbocycles. The van der Waals surface area contributed by atoms with Crippen LogP contribution in [0.4, 0.5) is 4.79 Å². The van der Waals surface area contributed by atoms with Crippen LogP contribution < -0.4 is 0 Å². The second kappa shape index (κ2) is 6.96. The molecule has 4 amide bonds. The molecule has 3 atom stereocenters. The molecule has 144 valence electrons. The smallest absolute Gasteiger partial charge is 0.327 e. The fourth-order valence-electron chi connectivity index (χ4n) is 4.29. The normalized spacial score (nSPS) is 28.1. The number of benzene rings is 1. The molecule has 0 saturated carbocycles. The predicted octanol–water partition coefficient (Wildman–Crippen LogP) is 1.86. The molecule has 3 saturated heterocycles. The average Bonchev–Trinajstić information content (AvgIpc) is 3.21. The van der Waals surface area contributed by atoms with E-state index in [0.29, 0.717) is 25.2 Å². The molecular formula is C20H25N3O4. The summed E-state index contributed by atoms with van der Waals surface area (Å²) in [4.78, 5) is 42.4. The van der Waals surface area contributed by atoms with E-state index in [4.69, 9.17) is 4.74 Å². The van der Waals surface area contributed by atoms with Gasteiger partial charge in [0.05, 0.1) is 18.8 Å². The maximum Gasteiger partial charge on any atom is 0.327 e. The van der Waals surface area contributed by atoms with Crippen LogP contribution in [0.2, 0.25) is 0 Å². The van der Waals surface area contributed by atoms with Gasteiger partial charge in [0.15, 0.2) is 0 Å². The number of urea groups is 1. The summed E-state index contributed by atoms with van der Waals surface area (Å²) in [5.41, 5.74) is 1.46. The van der Waals surface area contributed by atoms with E-state index in [0.717, 1.165) is 18.4 Å². The summed E-state index contributed by atoms with van der Waals surface area (Å²) in [7, 11) is 0. The van der Waals surface area contributed by atoms with Crippen LogP contribution in [0.25, 0.3) is 0 Å². The van der Waals surface area contributed by atoms with Crippen LogP contribution in [0, 0.1) is 0 Å². The Morgan fingerprint density at radius 1 is 1.11 bits per heavy atom. The molecule has 7 heteroatoms. The Labute approximate surface area is 158 Å². The first-order valence-corrected chi connectivity index (χ1v) is 9.59. The van der Waals surface area contributed by atoms with E-state index in [1.54, 1.807) is 17.0 Å². The number of ether oxygens (including phenoxy) is 1. The summed E-state index contributed by atoms with van der Waals surface area (Å²) in [6, 6.07) is 6.72. The number of hydrogen-bond donors (Lipinski definition) is 0. The fraction of sp³-hybridized carbons (Fsp3) is 0.550. The number of hydrogen-bond acceptors (Lipinski definition) is 4.